The van der Waals surface area contributed by atoms with Crippen LogP contribution in [0.2, 0.25) is 0 Å². The van der Waals surface area contributed by atoms with Crippen LogP contribution in [0.3, 0.4) is 0 Å². The van der Waals surface area contributed by atoms with E-state index in [-0.39, 0.29) is 6.61 Å². The first kappa shape index (κ1) is 18.1. The molecule has 19 heavy (non-hydrogen) atoms. The number of rotatable bonds is 8. The van der Waals surface area contributed by atoms with Crippen molar-refractivity contribution < 1.29 is 19.3 Å². The molecule has 0 radical (unpaired) electrons. The fraction of sp³-hybridized carbons (Fsp3) is 0.500. The number of hydrogen-bond donors (Lipinski definition) is 1. The van der Waals surface area contributed by atoms with E-state index in [4.69, 9.17) is 14.2 Å². The lowest BCUT2D eigenvalue weighted by atomic mass is 10.2. The van der Waals surface area contributed by atoms with E-state index in [1.54, 1.807) is 7.11 Å². The fourth-order valence-electron chi connectivity index (χ4n) is 1.33. The Hall–Kier alpha value is 1.09. The Bertz CT molecular complexity index is 412. The van der Waals surface area contributed by atoms with E-state index in [9.17, 15) is 5.11 Å². The monoisotopic (exact) mass is 604 g/mol. The average molecular weight is 604 g/mol. The summed E-state index contributed by atoms with van der Waals surface area (Å²) in [6, 6.07) is 2.01. The van der Waals surface area contributed by atoms with Gasteiger partial charge in [-0.1, -0.05) is 0 Å². The van der Waals surface area contributed by atoms with Crippen LogP contribution in [0.15, 0.2) is 6.07 Å². The first-order valence-corrected chi connectivity index (χ1v) is 8.82. The molecule has 1 aromatic carbocycles. The van der Waals surface area contributed by atoms with Crippen LogP contribution in [0.4, 0.5) is 0 Å². The summed E-state index contributed by atoms with van der Waals surface area (Å²) in [6.07, 6.45) is 0. The minimum absolute atomic E-state index is 0.0220. The molecule has 0 heterocycles. The molecule has 0 unspecified atom stereocenters. The molecule has 0 bridgehead atoms. The van der Waals surface area contributed by atoms with E-state index in [1.165, 1.54) is 0 Å². The molecule has 7 heteroatoms. The molecule has 0 saturated heterocycles. The molecule has 0 amide bonds. The Morgan fingerprint density at radius 2 is 1.74 bits per heavy atom. The molecule has 0 saturated carbocycles. The summed E-state index contributed by atoms with van der Waals surface area (Å²) in [4.78, 5) is 0. The Kier molecular flexibility index (Phi) is 9.47. The summed E-state index contributed by atoms with van der Waals surface area (Å²) >= 11 is 6.68. The highest BCUT2D eigenvalue weighted by atomic mass is 127. The standard InChI is InChI=1S/C12H15I3O4/c1-17-2-3-18-4-5-19-12-10(14)6-9(13)8(7-16)11(12)15/h6,16H,2-5,7H2,1H3. The molecule has 1 aromatic rings. The Morgan fingerprint density at radius 1 is 1.05 bits per heavy atom. The molecule has 108 valence electrons. The van der Waals surface area contributed by atoms with Crippen LogP contribution in [-0.4, -0.2) is 38.6 Å². The summed E-state index contributed by atoms with van der Waals surface area (Å²) < 4.78 is 19.1. The van der Waals surface area contributed by atoms with Gasteiger partial charge >= 0.3 is 0 Å². The van der Waals surface area contributed by atoms with E-state index in [0.717, 1.165) is 22.0 Å². The zero-order valence-electron chi connectivity index (χ0n) is 10.4. The first-order chi connectivity index (χ1) is 9.11. The van der Waals surface area contributed by atoms with E-state index in [1.807, 2.05) is 6.07 Å². The van der Waals surface area contributed by atoms with Gasteiger partial charge in [0.25, 0.3) is 0 Å². The maximum atomic E-state index is 9.38. The number of benzene rings is 1. The predicted molar refractivity (Wildman–Crippen MR) is 98.7 cm³/mol. The van der Waals surface area contributed by atoms with Crippen molar-refractivity contribution in [2.75, 3.05) is 33.5 Å². The van der Waals surface area contributed by atoms with Gasteiger partial charge in [0.2, 0.25) is 0 Å². The van der Waals surface area contributed by atoms with Gasteiger partial charge in [0.1, 0.15) is 12.4 Å². The van der Waals surface area contributed by atoms with Crippen molar-refractivity contribution in [3.63, 3.8) is 0 Å². The Morgan fingerprint density at radius 3 is 2.37 bits per heavy atom. The summed E-state index contributed by atoms with van der Waals surface area (Å²) in [6.45, 7) is 2.20. The molecule has 0 aliphatic heterocycles. The van der Waals surface area contributed by atoms with Crippen molar-refractivity contribution in [2.24, 2.45) is 0 Å². The molecule has 0 atom stereocenters. The lowest BCUT2D eigenvalue weighted by Crippen LogP contribution is -2.12. The maximum Gasteiger partial charge on any atom is 0.146 e. The van der Waals surface area contributed by atoms with Crippen molar-refractivity contribution in [3.8, 4) is 5.75 Å². The molecule has 0 spiro atoms. The highest BCUT2D eigenvalue weighted by Crippen LogP contribution is 2.33. The predicted octanol–water partition coefficient (Wildman–Crippen LogP) is 3.03. The van der Waals surface area contributed by atoms with Gasteiger partial charge in [-0.2, -0.15) is 0 Å². The van der Waals surface area contributed by atoms with Gasteiger partial charge in [-0.3, -0.25) is 0 Å². The van der Waals surface area contributed by atoms with Gasteiger partial charge < -0.3 is 19.3 Å². The number of hydrogen-bond acceptors (Lipinski definition) is 4. The number of aliphatic hydroxyl groups excluding tert-OH is 1. The second-order valence-corrected chi connectivity index (χ2v) is 6.98. The molecular formula is C12H15I3O4. The van der Waals surface area contributed by atoms with E-state index in [2.05, 4.69) is 67.8 Å². The SMILES string of the molecule is COCCOCCOc1c(I)cc(I)c(CO)c1I. The van der Waals surface area contributed by atoms with Crippen LogP contribution in [0.1, 0.15) is 5.56 Å². The van der Waals surface area contributed by atoms with Gasteiger partial charge in [-0.25, -0.2) is 0 Å². The smallest absolute Gasteiger partial charge is 0.146 e. The van der Waals surface area contributed by atoms with Crippen molar-refractivity contribution >= 4 is 67.8 Å². The van der Waals surface area contributed by atoms with Crippen molar-refractivity contribution in [3.05, 3.63) is 22.3 Å². The van der Waals surface area contributed by atoms with E-state index in [0.29, 0.717) is 26.4 Å². The summed E-state index contributed by atoms with van der Waals surface area (Å²) in [7, 11) is 1.65. The third kappa shape index (κ3) is 5.77. The minimum Gasteiger partial charge on any atom is -0.489 e. The third-order valence-corrected chi connectivity index (χ3v) is 5.19. The van der Waals surface area contributed by atoms with E-state index >= 15 is 0 Å². The van der Waals surface area contributed by atoms with Crippen LogP contribution in [0.5, 0.6) is 5.75 Å². The molecule has 1 N–H and O–H groups in total. The summed E-state index contributed by atoms with van der Waals surface area (Å²) in [5.74, 6) is 0.820. The van der Waals surface area contributed by atoms with Gasteiger partial charge in [0, 0.05) is 16.2 Å². The number of methoxy groups -OCH3 is 1. The Balaban J connectivity index is 2.58. The lowest BCUT2D eigenvalue weighted by Gasteiger charge is -2.14. The highest BCUT2D eigenvalue weighted by molar-refractivity contribution is 14.1. The normalized spacial score (nSPS) is 10.8. The zero-order chi connectivity index (χ0) is 14.3. The lowest BCUT2D eigenvalue weighted by molar-refractivity contribution is 0.0541. The van der Waals surface area contributed by atoms with Crippen LogP contribution < -0.4 is 4.74 Å². The molecule has 4 nitrogen and oxygen atoms in total. The van der Waals surface area contributed by atoms with Crippen LogP contribution in [0, 0.1) is 10.7 Å². The minimum atomic E-state index is 0.0220. The Labute approximate surface area is 154 Å². The topological polar surface area (TPSA) is 47.9 Å². The van der Waals surface area contributed by atoms with Crippen LogP contribution in [0.25, 0.3) is 0 Å². The third-order valence-electron chi connectivity index (χ3n) is 2.29. The number of halogens is 3. The molecule has 0 aromatic heterocycles. The van der Waals surface area contributed by atoms with Crippen LogP contribution in [-0.2, 0) is 16.1 Å². The second kappa shape index (κ2) is 9.92. The van der Waals surface area contributed by atoms with Crippen molar-refractivity contribution in [1.82, 2.24) is 0 Å². The zero-order valence-corrected chi connectivity index (χ0v) is 16.9. The fourth-order valence-corrected chi connectivity index (χ4v) is 5.36. The van der Waals surface area contributed by atoms with Gasteiger partial charge in [-0.15, -0.1) is 0 Å². The summed E-state index contributed by atoms with van der Waals surface area (Å²) in [5, 5.41) is 9.38. The molecular weight excluding hydrogens is 589 g/mol. The number of aliphatic hydroxyl groups is 1. The quantitative estimate of drug-likeness (QED) is 0.367. The molecule has 0 fully saturated rings. The molecule has 0 aliphatic rings. The molecule has 0 aliphatic carbocycles. The average Bonchev–Trinajstić information content (AvgIpc) is 2.37. The van der Waals surface area contributed by atoms with Gasteiger partial charge in [-0.05, 0) is 73.8 Å². The number of ether oxygens (including phenoxy) is 3. The van der Waals surface area contributed by atoms with Crippen LogP contribution >= 0.6 is 67.8 Å². The molecule has 1 rings (SSSR count). The second-order valence-electron chi connectivity index (χ2n) is 3.57. The summed E-state index contributed by atoms with van der Waals surface area (Å²) in [5.41, 5.74) is 0.914. The highest BCUT2D eigenvalue weighted by Gasteiger charge is 2.14. The van der Waals surface area contributed by atoms with Crippen molar-refractivity contribution in [1.29, 1.82) is 0 Å². The van der Waals surface area contributed by atoms with Gasteiger partial charge in [0.15, 0.2) is 0 Å². The largest absolute Gasteiger partial charge is 0.489 e. The first-order valence-electron chi connectivity index (χ1n) is 5.58. The van der Waals surface area contributed by atoms with Gasteiger partial charge in [0.05, 0.1) is 33.6 Å². The maximum absolute atomic E-state index is 9.38. The van der Waals surface area contributed by atoms with Crippen molar-refractivity contribution in [2.45, 2.75) is 6.61 Å². The van der Waals surface area contributed by atoms with E-state index < -0.39 is 0 Å².